The first-order valence-corrected chi connectivity index (χ1v) is 4.18. The maximum atomic E-state index is 10.7. The lowest BCUT2D eigenvalue weighted by molar-refractivity contribution is -0.146. The first-order chi connectivity index (χ1) is 6.09. The minimum absolute atomic E-state index is 0.0244. The largest absolute Gasteiger partial charge is 0.481 e. The summed E-state index contributed by atoms with van der Waals surface area (Å²) < 4.78 is 5.19. The standard InChI is InChI=1S/C8H13NO4/c1-6(10)9-4-7(5-9)13-3-2-8(11)12/h7H,2-5H2,1H3,(H,11,12). The van der Waals surface area contributed by atoms with Gasteiger partial charge in [-0.25, -0.2) is 0 Å². The van der Waals surface area contributed by atoms with Crippen LogP contribution in [0.25, 0.3) is 0 Å². The molecule has 0 aliphatic carbocycles. The Balaban J connectivity index is 2.02. The summed E-state index contributed by atoms with van der Waals surface area (Å²) in [6.07, 6.45) is 0.0552. The summed E-state index contributed by atoms with van der Waals surface area (Å²) in [5, 5.41) is 8.31. The Morgan fingerprint density at radius 3 is 2.62 bits per heavy atom. The molecular formula is C8H13NO4. The molecule has 0 bridgehead atoms. The van der Waals surface area contributed by atoms with Gasteiger partial charge in [0.1, 0.15) is 0 Å². The van der Waals surface area contributed by atoms with Crippen LogP contribution in [0.5, 0.6) is 0 Å². The Labute approximate surface area is 76.3 Å². The molecule has 0 aromatic carbocycles. The normalized spacial score (nSPS) is 16.8. The molecule has 0 spiro atoms. The molecule has 13 heavy (non-hydrogen) atoms. The van der Waals surface area contributed by atoms with Gasteiger partial charge in [-0.3, -0.25) is 9.59 Å². The first-order valence-electron chi connectivity index (χ1n) is 4.18. The third kappa shape index (κ3) is 3.02. The van der Waals surface area contributed by atoms with Crippen LogP contribution >= 0.6 is 0 Å². The molecule has 5 nitrogen and oxygen atoms in total. The van der Waals surface area contributed by atoms with Crippen LogP contribution in [0.3, 0.4) is 0 Å². The number of carbonyl (C=O) groups excluding carboxylic acids is 1. The van der Waals surface area contributed by atoms with E-state index < -0.39 is 5.97 Å². The Morgan fingerprint density at radius 1 is 1.54 bits per heavy atom. The Bertz CT molecular complexity index is 210. The first kappa shape index (κ1) is 9.98. The van der Waals surface area contributed by atoms with E-state index in [9.17, 15) is 9.59 Å². The fourth-order valence-electron chi connectivity index (χ4n) is 1.11. The van der Waals surface area contributed by atoms with Gasteiger partial charge < -0.3 is 14.7 Å². The molecule has 0 aromatic heterocycles. The van der Waals surface area contributed by atoms with Gasteiger partial charge in [0.15, 0.2) is 0 Å². The molecule has 1 heterocycles. The molecule has 1 aliphatic rings. The summed E-state index contributed by atoms with van der Waals surface area (Å²) in [5.74, 6) is -0.819. The van der Waals surface area contributed by atoms with Crippen LogP contribution in [-0.2, 0) is 14.3 Å². The molecular weight excluding hydrogens is 174 g/mol. The van der Waals surface area contributed by atoms with Gasteiger partial charge in [-0.05, 0) is 0 Å². The number of aliphatic carboxylic acids is 1. The molecule has 0 unspecified atom stereocenters. The van der Waals surface area contributed by atoms with E-state index in [1.54, 1.807) is 4.90 Å². The second-order valence-corrected chi connectivity index (χ2v) is 3.06. The van der Waals surface area contributed by atoms with Crippen molar-refractivity contribution < 1.29 is 19.4 Å². The SMILES string of the molecule is CC(=O)N1CC(OCCC(=O)O)C1. The minimum atomic E-state index is -0.859. The predicted octanol–water partition coefficient (Wildman–Crippen LogP) is -0.292. The third-order valence-corrected chi connectivity index (χ3v) is 1.96. The molecule has 1 saturated heterocycles. The van der Waals surface area contributed by atoms with Crippen LogP contribution < -0.4 is 0 Å². The summed E-state index contributed by atoms with van der Waals surface area (Å²) in [7, 11) is 0. The van der Waals surface area contributed by atoms with E-state index in [0.717, 1.165) is 0 Å². The maximum Gasteiger partial charge on any atom is 0.305 e. The summed E-state index contributed by atoms with van der Waals surface area (Å²) in [4.78, 5) is 22.5. The fraction of sp³-hybridized carbons (Fsp3) is 0.750. The number of rotatable bonds is 4. The molecule has 1 N–H and O–H groups in total. The number of carboxylic acids is 1. The van der Waals surface area contributed by atoms with E-state index in [0.29, 0.717) is 13.1 Å². The second kappa shape index (κ2) is 4.23. The molecule has 1 rings (SSSR count). The number of ether oxygens (including phenoxy) is 1. The topological polar surface area (TPSA) is 66.8 Å². The lowest BCUT2D eigenvalue weighted by Gasteiger charge is -2.38. The van der Waals surface area contributed by atoms with E-state index in [1.807, 2.05) is 0 Å². The van der Waals surface area contributed by atoms with Gasteiger partial charge in [-0.1, -0.05) is 0 Å². The smallest absolute Gasteiger partial charge is 0.305 e. The van der Waals surface area contributed by atoms with Crippen molar-refractivity contribution in [2.75, 3.05) is 19.7 Å². The number of nitrogens with zero attached hydrogens (tertiary/aromatic N) is 1. The van der Waals surface area contributed by atoms with Crippen LogP contribution in [0.4, 0.5) is 0 Å². The van der Waals surface area contributed by atoms with Gasteiger partial charge in [0, 0.05) is 20.0 Å². The average molecular weight is 187 g/mol. The highest BCUT2D eigenvalue weighted by Crippen LogP contribution is 2.11. The van der Waals surface area contributed by atoms with E-state index >= 15 is 0 Å². The zero-order valence-corrected chi connectivity index (χ0v) is 7.52. The highest BCUT2D eigenvalue weighted by atomic mass is 16.5. The van der Waals surface area contributed by atoms with Gasteiger partial charge in [0.05, 0.1) is 19.1 Å². The number of amides is 1. The van der Waals surface area contributed by atoms with Crippen molar-refractivity contribution in [2.24, 2.45) is 0 Å². The number of likely N-dealkylation sites (tertiary alicyclic amines) is 1. The zero-order valence-electron chi connectivity index (χ0n) is 7.52. The molecule has 74 valence electrons. The van der Waals surface area contributed by atoms with Crippen LogP contribution in [0, 0.1) is 0 Å². The Hall–Kier alpha value is -1.10. The van der Waals surface area contributed by atoms with Crippen molar-refractivity contribution in [1.29, 1.82) is 0 Å². The number of hydrogen-bond donors (Lipinski definition) is 1. The number of carboxylic acid groups (broad SMARTS) is 1. The molecule has 0 atom stereocenters. The van der Waals surface area contributed by atoms with Crippen molar-refractivity contribution in [1.82, 2.24) is 4.90 Å². The summed E-state index contributed by atoms with van der Waals surface area (Å²) in [6.45, 7) is 2.92. The van der Waals surface area contributed by atoms with Crippen LogP contribution in [0.15, 0.2) is 0 Å². The predicted molar refractivity (Wildman–Crippen MR) is 44.2 cm³/mol. The zero-order chi connectivity index (χ0) is 9.84. The average Bonchev–Trinajstić information content (AvgIpc) is 1.92. The van der Waals surface area contributed by atoms with E-state index in [2.05, 4.69) is 0 Å². The van der Waals surface area contributed by atoms with Gasteiger partial charge >= 0.3 is 5.97 Å². The van der Waals surface area contributed by atoms with Crippen LogP contribution in [0.1, 0.15) is 13.3 Å². The van der Waals surface area contributed by atoms with E-state index in [4.69, 9.17) is 9.84 Å². The number of carbonyl (C=O) groups is 2. The monoisotopic (exact) mass is 187 g/mol. The van der Waals surface area contributed by atoms with E-state index in [1.165, 1.54) is 6.92 Å². The maximum absolute atomic E-state index is 10.7. The van der Waals surface area contributed by atoms with Crippen molar-refractivity contribution in [3.8, 4) is 0 Å². The third-order valence-electron chi connectivity index (χ3n) is 1.96. The molecule has 0 saturated carbocycles. The van der Waals surface area contributed by atoms with Gasteiger partial charge in [-0.15, -0.1) is 0 Å². The van der Waals surface area contributed by atoms with Crippen LogP contribution in [0.2, 0.25) is 0 Å². The highest BCUT2D eigenvalue weighted by molar-refractivity contribution is 5.74. The molecule has 1 fully saturated rings. The minimum Gasteiger partial charge on any atom is -0.481 e. The molecule has 5 heteroatoms. The molecule has 1 amide bonds. The second-order valence-electron chi connectivity index (χ2n) is 3.06. The van der Waals surface area contributed by atoms with E-state index in [-0.39, 0.29) is 25.0 Å². The lowest BCUT2D eigenvalue weighted by atomic mass is 10.2. The van der Waals surface area contributed by atoms with Gasteiger partial charge in [0.25, 0.3) is 0 Å². The van der Waals surface area contributed by atoms with Crippen LogP contribution in [-0.4, -0.2) is 47.7 Å². The molecule has 0 aromatic rings. The Morgan fingerprint density at radius 2 is 2.15 bits per heavy atom. The lowest BCUT2D eigenvalue weighted by Crippen LogP contribution is -2.54. The van der Waals surface area contributed by atoms with Crippen molar-refractivity contribution in [3.05, 3.63) is 0 Å². The van der Waals surface area contributed by atoms with Crippen molar-refractivity contribution in [2.45, 2.75) is 19.4 Å². The number of hydrogen-bond acceptors (Lipinski definition) is 3. The Kier molecular flexibility index (Phi) is 3.25. The van der Waals surface area contributed by atoms with Crippen molar-refractivity contribution >= 4 is 11.9 Å². The quantitative estimate of drug-likeness (QED) is 0.656. The fourth-order valence-corrected chi connectivity index (χ4v) is 1.11. The summed E-state index contributed by atoms with van der Waals surface area (Å²) in [5.41, 5.74) is 0. The van der Waals surface area contributed by atoms with Crippen molar-refractivity contribution in [3.63, 3.8) is 0 Å². The summed E-state index contributed by atoms with van der Waals surface area (Å²) in [6, 6.07) is 0. The summed E-state index contributed by atoms with van der Waals surface area (Å²) >= 11 is 0. The molecule has 0 radical (unpaired) electrons. The van der Waals surface area contributed by atoms with Gasteiger partial charge in [0.2, 0.25) is 5.91 Å². The van der Waals surface area contributed by atoms with Gasteiger partial charge in [-0.2, -0.15) is 0 Å². The molecule has 1 aliphatic heterocycles. The highest BCUT2D eigenvalue weighted by Gasteiger charge is 2.28.